The molecule has 136 valence electrons. The highest BCUT2D eigenvalue weighted by Crippen LogP contribution is 2.21. The fourth-order valence-electron chi connectivity index (χ4n) is 2.71. The molecule has 0 radical (unpaired) electrons. The standard InChI is InChI=1S/C15H16N6O4S/c22-13(18-14-19-16-9-26-14)10-3-2-6-20(8-10)15(23)17-11-4-1-5-12(7-11)21(24)25/h1,4-5,7,9-10H,2-3,6,8H2,(H,17,23)(H,18,19,22)/t10-/m1/s1. The SMILES string of the molecule is O=C(Nc1nncs1)[C@@H]1CCCN(C(=O)Nc2cccc([N+](=O)[O-])c2)C1. The molecule has 1 atom stereocenters. The van der Waals surface area contributed by atoms with E-state index < -0.39 is 4.92 Å². The molecule has 10 nitrogen and oxygen atoms in total. The third-order valence-corrected chi connectivity index (χ3v) is 4.58. The first-order chi connectivity index (χ1) is 12.5. The van der Waals surface area contributed by atoms with Gasteiger partial charge in [0.05, 0.1) is 10.8 Å². The van der Waals surface area contributed by atoms with Crippen molar-refractivity contribution < 1.29 is 14.5 Å². The van der Waals surface area contributed by atoms with Crippen molar-refractivity contribution in [1.82, 2.24) is 15.1 Å². The van der Waals surface area contributed by atoms with Crippen molar-refractivity contribution in [3.8, 4) is 0 Å². The number of amides is 3. The molecule has 3 rings (SSSR count). The molecule has 2 N–H and O–H groups in total. The number of nitrogens with one attached hydrogen (secondary N) is 2. The first kappa shape index (κ1) is 17.7. The Labute approximate surface area is 152 Å². The molecule has 0 bridgehead atoms. The topological polar surface area (TPSA) is 130 Å². The van der Waals surface area contributed by atoms with Gasteiger partial charge in [0.2, 0.25) is 11.0 Å². The van der Waals surface area contributed by atoms with E-state index in [-0.39, 0.29) is 30.1 Å². The summed E-state index contributed by atoms with van der Waals surface area (Å²) in [5.41, 5.74) is 1.76. The number of anilines is 2. The molecule has 26 heavy (non-hydrogen) atoms. The van der Waals surface area contributed by atoms with Gasteiger partial charge in [0.1, 0.15) is 5.51 Å². The van der Waals surface area contributed by atoms with Crippen molar-refractivity contribution in [2.45, 2.75) is 12.8 Å². The monoisotopic (exact) mass is 376 g/mol. The molecule has 0 spiro atoms. The van der Waals surface area contributed by atoms with Gasteiger partial charge in [-0.3, -0.25) is 14.9 Å². The number of piperidine rings is 1. The summed E-state index contributed by atoms with van der Waals surface area (Å²) in [6.45, 7) is 0.786. The maximum Gasteiger partial charge on any atom is 0.321 e. The van der Waals surface area contributed by atoms with Gasteiger partial charge < -0.3 is 15.5 Å². The molecule has 2 aromatic rings. The smallest absolute Gasteiger partial charge is 0.321 e. The fourth-order valence-corrected chi connectivity index (χ4v) is 3.16. The number of carbonyl (C=O) groups is 2. The number of hydrogen-bond acceptors (Lipinski definition) is 7. The zero-order valence-electron chi connectivity index (χ0n) is 13.6. The van der Waals surface area contributed by atoms with Crippen molar-refractivity contribution in [1.29, 1.82) is 0 Å². The first-order valence-electron chi connectivity index (χ1n) is 7.90. The number of likely N-dealkylation sites (tertiary alicyclic amines) is 1. The number of nitro groups is 1. The number of nitrogens with zero attached hydrogens (tertiary/aromatic N) is 4. The molecule has 1 saturated heterocycles. The van der Waals surface area contributed by atoms with E-state index in [0.717, 1.165) is 0 Å². The third-order valence-electron chi connectivity index (χ3n) is 3.98. The third kappa shape index (κ3) is 4.30. The molecule has 11 heteroatoms. The van der Waals surface area contributed by atoms with E-state index in [1.165, 1.54) is 39.9 Å². The van der Waals surface area contributed by atoms with Crippen molar-refractivity contribution in [2.24, 2.45) is 5.92 Å². The highest BCUT2D eigenvalue weighted by molar-refractivity contribution is 7.13. The maximum atomic E-state index is 12.4. The predicted octanol–water partition coefficient (Wildman–Crippen LogP) is 2.33. The minimum atomic E-state index is -0.523. The molecule has 0 unspecified atom stereocenters. The number of nitro benzene ring substituents is 1. The van der Waals surface area contributed by atoms with Crippen LogP contribution < -0.4 is 10.6 Å². The van der Waals surface area contributed by atoms with Crippen molar-refractivity contribution in [3.05, 3.63) is 39.9 Å². The Bertz CT molecular complexity index is 812. The van der Waals surface area contributed by atoms with E-state index in [1.54, 1.807) is 6.07 Å². The number of rotatable bonds is 4. The number of urea groups is 1. The second-order valence-corrected chi connectivity index (χ2v) is 6.59. The van der Waals surface area contributed by atoms with E-state index in [2.05, 4.69) is 20.8 Å². The molecule has 1 aromatic carbocycles. The lowest BCUT2D eigenvalue weighted by Crippen LogP contribution is -2.45. The average molecular weight is 376 g/mol. The zero-order valence-corrected chi connectivity index (χ0v) is 14.4. The predicted molar refractivity (Wildman–Crippen MR) is 95.0 cm³/mol. The maximum absolute atomic E-state index is 12.4. The summed E-state index contributed by atoms with van der Waals surface area (Å²) >= 11 is 1.23. The van der Waals surface area contributed by atoms with Crippen molar-refractivity contribution in [3.63, 3.8) is 0 Å². The van der Waals surface area contributed by atoms with Gasteiger partial charge in [-0.1, -0.05) is 17.4 Å². The van der Waals surface area contributed by atoms with Gasteiger partial charge in [0.15, 0.2) is 0 Å². The van der Waals surface area contributed by atoms with E-state index in [1.807, 2.05) is 0 Å². The molecule has 0 saturated carbocycles. The number of non-ortho nitro benzene ring substituents is 1. The van der Waals surface area contributed by atoms with Crippen LogP contribution >= 0.6 is 11.3 Å². The van der Waals surface area contributed by atoms with Crippen LogP contribution in [0.3, 0.4) is 0 Å². The van der Waals surface area contributed by atoms with Gasteiger partial charge in [0, 0.05) is 30.9 Å². The lowest BCUT2D eigenvalue weighted by molar-refractivity contribution is -0.384. The quantitative estimate of drug-likeness (QED) is 0.622. The van der Waals surface area contributed by atoms with E-state index in [9.17, 15) is 19.7 Å². The Morgan fingerprint density at radius 2 is 2.19 bits per heavy atom. The van der Waals surface area contributed by atoms with Crippen LogP contribution in [0.4, 0.5) is 21.3 Å². The molecular formula is C15H16N6O4S. The van der Waals surface area contributed by atoms with Gasteiger partial charge in [-0.2, -0.15) is 0 Å². The van der Waals surface area contributed by atoms with Crippen LogP contribution in [0.1, 0.15) is 12.8 Å². The van der Waals surface area contributed by atoms with Crippen LogP contribution in [0.5, 0.6) is 0 Å². The summed E-state index contributed by atoms with van der Waals surface area (Å²) in [5.74, 6) is -0.543. The van der Waals surface area contributed by atoms with Crippen molar-refractivity contribution >= 4 is 39.8 Å². The van der Waals surface area contributed by atoms with Crippen molar-refractivity contribution in [2.75, 3.05) is 23.7 Å². The molecule has 1 fully saturated rings. The molecule has 1 aliphatic heterocycles. The van der Waals surface area contributed by atoms with Crippen LogP contribution in [-0.4, -0.2) is 45.0 Å². The Morgan fingerprint density at radius 3 is 2.92 bits per heavy atom. The Balaban J connectivity index is 1.60. The Hall–Kier alpha value is -3.08. The Morgan fingerprint density at radius 1 is 1.35 bits per heavy atom. The molecule has 2 heterocycles. The van der Waals surface area contributed by atoms with Crippen LogP contribution in [0, 0.1) is 16.0 Å². The van der Waals surface area contributed by atoms with Gasteiger partial charge >= 0.3 is 6.03 Å². The lowest BCUT2D eigenvalue weighted by Gasteiger charge is -2.31. The first-order valence-corrected chi connectivity index (χ1v) is 8.78. The Kier molecular flexibility index (Phi) is 5.37. The number of hydrogen-bond donors (Lipinski definition) is 2. The summed E-state index contributed by atoms with van der Waals surface area (Å²) in [4.78, 5) is 36.6. The summed E-state index contributed by atoms with van der Waals surface area (Å²) in [7, 11) is 0. The lowest BCUT2D eigenvalue weighted by atomic mass is 9.97. The fraction of sp³-hybridized carbons (Fsp3) is 0.333. The number of benzene rings is 1. The highest BCUT2D eigenvalue weighted by atomic mass is 32.1. The minimum Gasteiger partial charge on any atom is -0.324 e. The largest absolute Gasteiger partial charge is 0.324 e. The molecule has 1 aromatic heterocycles. The van der Waals surface area contributed by atoms with E-state index in [0.29, 0.717) is 30.2 Å². The molecule has 0 aliphatic carbocycles. The van der Waals surface area contributed by atoms with E-state index >= 15 is 0 Å². The summed E-state index contributed by atoms with van der Waals surface area (Å²) in [6.07, 6.45) is 1.36. The van der Waals surface area contributed by atoms with Crippen LogP contribution in [-0.2, 0) is 4.79 Å². The van der Waals surface area contributed by atoms with Crippen LogP contribution in [0.25, 0.3) is 0 Å². The molecule has 3 amide bonds. The summed E-state index contributed by atoms with van der Waals surface area (Å²) < 4.78 is 0. The van der Waals surface area contributed by atoms with Gasteiger partial charge in [0.25, 0.3) is 5.69 Å². The normalized spacial score (nSPS) is 16.8. The van der Waals surface area contributed by atoms with Gasteiger partial charge in [-0.05, 0) is 18.9 Å². The van der Waals surface area contributed by atoms with E-state index in [4.69, 9.17) is 0 Å². The second kappa shape index (κ2) is 7.87. The molecular weight excluding hydrogens is 360 g/mol. The minimum absolute atomic E-state index is 0.101. The zero-order chi connectivity index (χ0) is 18.5. The highest BCUT2D eigenvalue weighted by Gasteiger charge is 2.29. The second-order valence-electron chi connectivity index (χ2n) is 5.76. The van der Waals surface area contributed by atoms with Gasteiger partial charge in [-0.25, -0.2) is 4.79 Å². The molecule has 1 aliphatic rings. The van der Waals surface area contributed by atoms with Gasteiger partial charge in [-0.15, -0.1) is 10.2 Å². The number of carbonyl (C=O) groups excluding carboxylic acids is 2. The average Bonchev–Trinajstić information content (AvgIpc) is 3.15. The van der Waals surface area contributed by atoms with Crippen LogP contribution in [0.2, 0.25) is 0 Å². The summed E-state index contributed by atoms with van der Waals surface area (Å²) in [5, 5.41) is 24.0. The number of aromatic nitrogens is 2. The van der Waals surface area contributed by atoms with Crippen LogP contribution in [0.15, 0.2) is 29.8 Å². The summed E-state index contributed by atoms with van der Waals surface area (Å²) in [6, 6.07) is 5.33.